The topological polar surface area (TPSA) is 74.0 Å². The van der Waals surface area contributed by atoms with Gasteiger partial charge in [0.05, 0.1) is 17.4 Å². The molecular weight excluding hydrogens is 622 g/mol. The maximum Gasteiger partial charge on any atom is 0.418 e. The van der Waals surface area contributed by atoms with Gasteiger partial charge in [-0.3, -0.25) is 9.78 Å². The van der Waals surface area contributed by atoms with Crippen molar-refractivity contribution >= 4 is 27.3 Å². The van der Waals surface area contributed by atoms with E-state index in [0.717, 1.165) is 11.6 Å². The number of allylic oxidation sites excluding steroid dienone is 2. The van der Waals surface area contributed by atoms with Gasteiger partial charge in [-0.05, 0) is 30.2 Å². The van der Waals surface area contributed by atoms with Crippen LogP contribution in [0.4, 0.5) is 13.2 Å². The van der Waals surface area contributed by atoms with Crippen LogP contribution in [0.3, 0.4) is 0 Å². The molecule has 0 spiro atoms. The molecule has 0 aliphatic heterocycles. The fourth-order valence-electron chi connectivity index (χ4n) is 3.38. The molecule has 0 fully saturated rings. The Hall–Kier alpha value is -3.53. The first-order valence-electron chi connectivity index (χ1n) is 9.80. The molecular formula is C26H18F3IrN2O2-. The molecule has 0 bridgehead atoms. The van der Waals surface area contributed by atoms with E-state index in [4.69, 9.17) is 5.11 Å². The molecule has 0 atom stereocenters. The van der Waals surface area contributed by atoms with Gasteiger partial charge < -0.3 is 5.11 Å². The van der Waals surface area contributed by atoms with Gasteiger partial charge in [0.1, 0.15) is 0 Å². The SMILES string of the molecule is CC(=O)/C=C(/C)O.N#Cc1cc(-c2ncc(C(F)(F)F)c3ccccc23)[c-]c2ccccc12.[Ir]. The summed E-state index contributed by atoms with van der Waals surface area (Å²) in [4.78, 5) is 14.1. The molecule has 8 heteroatoms. The number of fused-ring (bicyclic) bond motifs is 2. The number of aliphatic hydroxyl groups is 1. The van der Waals surface area contributed by atoms with Crippen LogP contribution >= 0.6 is 0 Å². The van der Waals surface area contributed by atoms with Crippen LogP contribution in [0.2, 0.25) is 0 Å². The number of carbonyl (C=O) groups excluding carboxylic acids is 1. The first-order valence-corrected chi connectivity index (χ1v) is 9.80. The van der Waals surface area contributed by atoms with E-state index >= 15 is 0 Å². The fraction of sp³-hybridized carbons (Fsp3) is 0.115. The van der Waals surface area contributed by atoms with Crippen molar-refractivity contribution in [3.63, 3.8) is 0 Å². The quantitative estimate of drug-likeness (QED) is 0.149. The minimum atomic E-state index is -4.49. The third-order valence-corrected chi connectivity index (χ3v) is 4.66. The van der Waals surface area contributed by atoms with Crippen LogP contribution in [0.15, 0.2) is 72.6 Å². The second kappa shape index (κ2) is 11.1. The van der Waals surface area contributed by atoms with Gasteiger partial charge in [0, 0.05) is 38.1 Å². The number of alkyl halides is 3. The molecule has 3 aromatic carbocycles. The predicted octanol–water partition coefficient (Wildman–Crippen LogP) is 6.78. The third kappa shape index (κ3) is 6.07. The Bertz CT molecular complexity index is 1420. The third-order valence-electron chi connectivity index (χ3n) is 4.66. The number of pyridine rings is 1. The van der Waals surface area contributed by atoms with Gasteiger partial charge in [0.25, 0.3) is 0 Å². The van der Waals surface area contributed by atoms with Gasteiger partial charge in [0.15, 0.2) is 5.78 Å². The number of aliphatic hydroxyl groups excluding tert-OH is 1. The maximum absolute atomic E-state index is 13.3. The monoisotopic (exact) mass is 640 g/mol. The molecule has 0 unspecified atom stereocenters. The maximum atomic E-state index is 13.3. The summed E-state index contributed by atoms with van der Waals surface area (Å²) in [5.74, 6) is -0.0625. The van der Waals surface area contributed by atoms with Crippen LogP contribution in [0.25, 0.3) is 32.8 Å². The molecule has 34 heavy (non-hydrogen) atoms. The van der Waals surface area contributed by atoms with E-state index in [1.54, 1.807) is 24.3 Å². The van der Waals surface area contributed by atoms with Gasteiger partial charge in [-0.15, -0.1) is 23.6 Å². The van der Waals surface area contributed by atoms with E-state index in [0.29, 0.717) is 27.6 Å². The normalized spacial score (nSPS) is 11.2. The molecule has 0 aliphatic carbocycles. The van der Waals surface area contributed by atoms with Gasteiger partial charge in [-0.2, -0.15) is 18.4 Å². The van der Waals surface area contributed by atoms with Crippen LogP contribution in [-0.2, 0) is 31.1 Å². The number of nitrogens with zero attached hydrogens (tertiary/aromatic N) is 2. The first-order chi connectivity index (χ1) is 15.6. The van der Waals surface area contributed by atoms with Gasteiger partial charge in [-0.1, -0.05) is 53.4 Å². The molecule has 0 aliphatic rings. The summed E-state index contributed by atoms with van der Waals surface area (Å²) in [6.07, 6.45) is -2.48. The average Bonchev–Trinajstić information content (AvgIpc) is 2.76. The molecule has 4 rings (SSSR count). The number of ketones is 1. The Morgan fingerprint density at radius 2 is 1.65 bits per heavy atom. The number of nitriles is 1. The molecule has 0 amide bonds. The molecule has 4 nitrogen and oxygen atoms in total. The summed E-state index contributed by atoms with van der Waals surface area (Å²) in [7, 11) is 0. The Labute approximate surface area is 207 Å². The Morgan fingerprint density at radius 1 is 1.06 bits per heavy atom. The fourth-order valence-corrected chi connectivity index (χ4v) is 3.38. The summed E-state index contributed by atoms with van der Waals surface area (Å²) >= 11 is 0. The number of benzene rings is 3. The van der Waals surface area contributed by atoms with Crippen LogP contribution < -0.4 is 0 Å². The van der Waals surface area contributed by atoms with Gasteiger partial charge >= 0.3 is 6.18 Å². The van der Waals surface area contributed by atoms with Crippen molar-refractivity contribution in [2.45, 2.75) is 20.0 Å². The minimum absolute atomic E-state index is 0. The zero-order chi connectivity index (χ0) is 24.2. The number of aromatic nitrogens is 1. The Balaban J connectivity index is 0.000000449. The summed E-state index contributed by atoms with van der Waals surface area (Å²) in [6.45, 7) is 2.85. The zero-order valence-corrected chi connectivity index (χ0v) is 20.5. The van der Waals surface area contributed by atoms with E-state index in [9.17, 15) is 23.2 Å². The molecule has 0 saturated carbocycles. The van der Waals surface area contributed by atoms with Crippen molar-refractivity contribution in [1.82, 2.24) is 4.98 Å². The summed E-state index contributed by atoms with van der Waals surface area (Å²) in [5, 5.41) is 19.7. The second-order valence-electron chi connectivity index (χ2n) is 7.21. The van der Waals surface area contributed by atoms with E-state index in [-0.39, 0.29) is 37.0 Å². The van der Waals surface area contributed by atoms with E-state index < -0.39 is 11.7 Å². The molecule has 1 aromatic heterocycles. The Morgan fingerprint density at radius 3 is 2.18 bits per heavy atom. The number of rotatable bonds is 2. The van der Waals surface area contributed by atoms with Crippen LogP contribution in [0.1, 0.15) is 25.0 Å². The smallest absolute Gasteiger partial charge is 0.418 e. The molecule has 175 valence electrons. The molecule has 1 radical (unpaired) electrons. The molecule has 1 heterocycles. The van der Waals surface area contributed by atoms with Crippen molar-refractivity contribution in [1.29, 1.82) is 5.26 Å². The van der Waals surface area contributed by atoms with Crippen molar-refractivity contribution in [2.75, 3.05) is 0 Å². The van der Waals surface area contributed by atoms with Gasteiger partial charge in [-0.25, -0.2) is 0 Å². The van der Waals surface area contributed by atoms with E-state index in [1.165, 1.54) is 26.0 Å². The average molecular weight is 640 g/mol. The second-order valence-corrected chi connectivity index (χ2v) is 7.21. The first kappa shape index (κ1) is 26.7. The summed E-state index contributed by atoms with van der Waals surface area (Å²) < 4.78 is 39.9. The van der Waals surface area contributed by atoms with Crippen molar-refractivity contribution in [3.8, 4) is 17.3 Å². The van der Waals surface area contributed by atoms with Crippen LogP contribution in [0.5, 0.6) is 0 Å². The number of hydrogen-bond donors (Lipinski definition) is 1. The Kier molecular flexibility index (Phi) is 8.69. The molecule has 0 saturated heterocycles. The number of hydrogen-bond acceptors (Lipinski definition) is 4. The minimum Gasteiger partial charge on any atom is -0.512 e. The van der Waals surface area contributed by atoms with Crippen molar-refractivity contribution in [3.05, 3.63) is 89.8 Å². The zero-order valence-electron chi connectivity index (χ0n) is 18.1. The van der Waals surface area contributed by atoms with Crippen molar-refractivity contribution in [2.24, 2.45) is 0 Å². The summed E-state index contributed by atoms with van der Waals surface area (Å²) in [5.41, 5.74) is 0.513. The van der Waals surface area contributed by atoms with Crippen LogP contribution in [0, 0.1) is 17.4 Å². The molecule has 1 N–H and O–H groups in total. The number of halogens is 3. The standard InChI is InChI=1S/C21H10F3N2.C5H8O2.Ir/c22-21(23,24)19-12-26-20(18-8-4-3-7-17(18)19)14-9-13-5-1-2-6-16(13)15(10-14)11-25;1-4(6)3-5(2)7;/h1-8,10,12H;3,6H,1-2H3;/q-1;;/b;4-3-;. The van der Waals surface area contributed by atoms with E-state index in [2.05, 4.69) is 17.1 Å². The van der Waals surface area contributed by atoms with E-state index in [1.807, 2.05) is 24.3 Å². The van der Waals surface area contributed by atoms with Crippen LogP contribution in [-0.4, -0.2) is 15.9 Å². The summed E-state index contributed by atoms with van der Waals surface area (Å²) in [6, 6.07) is 20.4. The van der Waals surface area contributed by atoms with Gasteiger partial charge in [0.2, 0.25) is 0 Å². The largest absolute Gasteiger partial charge is 0.512 e. The predicted molar refractivity (Wildman–Crippen MR) is 120 cm³/mol. The van der Waals surface area contributed by atoms with Crippen molar-refractivity contribution < 1.29 is 43.2 Å². The number of carbonyl (C=O) groups is 1. The molecule has 4 aromatic rings.